The average molecular weight is 316 g/mol. The Morgan fingerprint density at radius 1 is 1.67 bits per heavy atom. The second-order valence-electron chi connectivity index (χ2n) is 5.41. The summed E-state index contributed by atoms with van der Waals surface area (Å²) >= 11 is 0. The SMILES string of the molecule is CCCNP(=O)(OCc1ncc([N+](=O)[O-])n1C)C1CC1C. The Morgan fingerprint density at radius 2 is 2.33 bits per heavy atom. The van der Waals surface area contributed by atoms with Gasteiger partial charge in [0.15, 0.2) is 0 Å². The smallest absolute Gasteiger partial charge is 0.342 e. The van der Waals surface area contributed by atoms with Crippen molar-refractivity contribution in [3.8, 4) is 0 Å². The summed E-state index contributed by atoms with van der Waals surface area (Å²) in [5.41, 5.74) is 0.0410. The van der Waals surface area contributed by atoms with E-state index in [1.165, 1.54) is 10.8 Å². The van der Waals surface area contributed by atoms with Gasteiger partial charge in [-0.3, -0.25) is 4.57 Å². The zero-order chi connectivity index (χ0) is 15.6. The lowest BCUT2D eigenvalue weighted by Crippen LogP contribution is -2.18. The standard InChI is InChI=1S/C12H21N4O4P/c1-4-5-14-21(19,10-6-9(10)2)20-8-11-13-7-12(15(11)3)16(17)18/h7,9-10H,4-6,8H2,1-3H3,(H,14,19). The maximum atomic E-state index is 12.9. The summed E-state index contributed by atoms with van der Waals surface area (Å²) in [5, 5.41) is 13.8. The average Bonchev–Trinajstić information content (AvgIpc) is 3.06. The summed E-state index contributed by atoms with van der Waals surface area (Å²) < 4.78 is 19.8. The molecule has 0 spiro atoms. The van der Waals surface area contributed by atoms with Crippen LogP contribution < -0.4 is 5.09 Å². The Bertz CT molecular complexity index is 574. The second kappa shape index (κ2) is 6.25. The number of hydrogen-bond acceptors (Lipinski definition) is 5. The van der Waals surface area contributed by atoms with E-state index in [4.69, 9.17) is 4.52 Å². The lowest BCUT2D eigenvalue weighted by Gasteiger charge is -2.18. The van der Waals surface area contributed by atoms with Crippen LogP contribution in [0.4, 0.5) is 5.82 Å². The number of imidazole rings is 1. The lowest BCUT2D eigenvalue weighted by molar-refractivity contribution is -0.391. The molecule has 1 aromatic heterocycles. The van der Waals surface area contributed by atoms with Crippen LogP contribution in [0.25, 0.3) is 0 Å². The first kappa shape index (κ1) is 16.1. The van der Waals surface area contributed by atoms with Gasteiger partial charge in [-0.15, -0.1) is 0 Å². The first-order valence-corrected chi connectivity index (χ1v) is 8.72. The summed E-state index contributed by atoms with van der Waals surface area (Å²) in [4.78, 5) is 14.2. The third kappa shape index (κ3) is 3.51. The van der Waals surface area contributed by atoms with E-state index in [0.717, 1.165) is 12.8 Å². The Morgan fingerprint density at radius 3 is 2.81 bits per heavy atom. The van der Waals surface area contributed by atoms with Crippen molar-refractivity contribution in [3.05, 3.63) is 22.1 Å². The summed E-state index contributed by atoms with van der Waals surface area (Å²) in [5.74, 6) is 0.675. The van der Waals surface area contributed by atoms with E-state index in [0.29, 0.717) is 18.3 Å². The van der Waals surface area contributed by atoms with Crippen molar-refractivity contribution >= 4 is 13.3 Å². The fourth-order valence-electron chi connectivity index (χ4n) is 2.20. The quantitative estimate of drug-likeness (QED) is 0.449. The molecule has 1 heterocycles. The molecule has 1 aliphatic carbocycles. The van der Waals surface area contributed by atoms with Gasteiger partial charge in [-0.2, -0.15) is 0 Å². The molecule has 0 bridgehead atoms. The molecule has 0 radical (unpaired) electrons. The van der Waals surface area contributed by atoms with Crippen LogP contribution in [-0.2, 0) is 22.7 Å². The van der Waals surface area contributed by atoms with Crippen LogP contribution >= 0.6 is 7.52 Å². The fourth-order valence-corrected chi connectivity index (χ4v) is 4.84. The minimum Gasteiger partial charge on any atom is -0.358 e. The summed E-state index contributed by atoms with van der Waals surface area (Å²) in [7, 11) is -1.38. The van der Waals surface area contributed by atoms with Gasteiger partial charge >= 0.3 is 5.82 Å². The van der Waals surface area contributed by atoms with Gasteiger partial charge in [0, 0.05) is 6.54 Å². The van der Waals surface area contributed by atoms with E-state index < -0.39 is 12.4 Å². The molecular weight excluding hydrogens is 295 g/mol. The van der Waals surface area contributed by atoms with E-state index in [1.54, 1.807) is 7.05 Å². The predicted molar refractivity (Wildman–Crippen MR) is 78.1 cm³/mol. The molecule has 3 atom stereocenters. The Kier molecular flexibility index (Phi) is 4.81. The largest absolute Gasteiger partial charge is 0.358 e. The molecule has 1 N–H and O–H groups in total. The molecule has 9 heteroatoms. The molecule has 1 aromatic rings. The summed E-state index contributed by atoms with van der Waals surface area (Å²) in [6.07, 6.45) is 2.93. The molecule has 0 aliphatic heterocycles. The number of hydrogen-bond donors (Lipinski definition) is 1. The van der Waals surface area contributed by atoms with Crippen LogP contribution in [0.1, 0.15) is 32.5 Å². The van der Waals surface area contributed by atoms with Crippen molar-refractivity contribution in [2.75, 3.05) is 6.54 Å². The molecule has 21 heavy (non-hydrogen) atoms. The van der Waals surface area contributed by atoms with Crippen molar-refractivity contribution in [2.45, 2.75) is 39.0 Å². The van der Waals surface area contributed by atoms with Crippen molar-refractivity contribution in [3.63, 3.8) is 0 Å². The van der Waals surface area contributed by atoms with Crippen molar-refractivity contribution in [1.29, 1.82) is 0 Å². The van der Waals surface area contributed by atoms with Gasteiger partial charge in [0.05, 0.1) is 12.7 Å². The maximum Gasteiger partial charge on any atom is 0.342 e. The highest BCUT2D eigenvalue weighted by Gasteiger charge is 2.49. The first-order chi connectivity index (χ1) is 9.89. The molecular formula is C12H21N4O4P. The number of nitro groups is 1. The van der Waals surface area contributed by atoms with E-state index in [-0.39, 0.29) is 18.1 Å². The highest BCUT2D eigenvalue weighted by Crippen LogP contribution is 2.61. The zero-order valence-electron chi connectivity index (χ0n) is 12.5. The monoisotopic (exact) mass is 316 g/mol. The zero-order valence-corrected chi connectivity index (χ0v) is 13.4. The van der Waals surface area contributed by atoms with Gasteiger partial charge < -0.3 is 14.6 Å². The van der Waals surface area contributed by atoms with Crippen LogP contribution in [0.5, 0.6) is 0 Å². The summed E-state index contributed by atoms with van der Waals surface area (Å²) in [6, 6.07) is 0. The molecule has 2 rings (SSSR count). The molecule has 8 nitrogen and oxygen atoms in total. The highest BCUT2D eigenvalue weighted by atomic mass is 31.2. The van der Waals surface area contributed by atoms with Crippen LogP contribution in [0.15, 0.2) is 6.20 Å². The highest BCUT2D eigenvalue weighted by molar-refractivity contribution is 7.58. The van der Waals surface area contributed by atoms with Gasteiger partial charge in [-0.1, -0.05) is 13.8 Å². The topological polar surface area (TPSA) is 99.3 Å². The Balaban J connectivity index is 2.05. The normalized spacial score (nSPS) is 23.8. The fraction of sp³-hybridized carbons (Fsp3) is 0.750. The van der Waals surface area contributed by atoms with Gasteiger partial charge in [-0.05, 0) is 23.7 Å². The van der Waals surface area contributed by atoms with Crippen molar-refractivity contribution in [1.82, 2.24) is 14.6 Å². The van der Waals surface area contributed by atoms with Gasteiger partial charge in [0.2, 0.25) is 5.82 Å². The van der Waals surface area contributed by atoms with Gasteiger partial charge in [-0.25, -0.2) is 14.6 Å². The molecule has 0 saturated heterocycles. The predicted octanol–water partition coefficient (Wildman–Crippen LogP) is 2.45. The van der Waals surface area contributed by atoms with Crippen molar-refractivity contribution < 1.29 is 14.0 Å². The number of aromatic nitrogens is 2. The number of nitrogens with zero attached hydrogens (tertiary/aromatic N) is 3. The number of rotatable bonds is 8. The van der Waals surface area contributed by atoms with Gasteiger partial charge in [0.25, 0.3) is 7.52 Å². The van der Waals surface area contributed by atoms with Crippen LogP contribution in [-0.4, -0.2) is 26.7 Å². The minimum atomic E-state index is -2.93. The Hall–Kier alpha value is -1.24. The van der Waals surface area contributed by atoms with Crippen LogP contribution in [0.3, 0.4) is 0 Å². The minimum absolute atomic E-state index is 0.00154. The van der Waals surface area contributed by atoms with Gasteiger partial charge in [0.1, 0.15) is 12.8 Å². The van der Waals surface area contributed by atoms with Crippen LogP contribution in [0.2, 0.25) is 0 Å². The second-order valence-corrected chi connectivity index (χ2v) is 7.84. The maximum absolute atomic E-state index is 12.9. The Labute approximate surface area is 123 Å². The number of nitrogens with one attached hydrogen (secondary N) is 1. The van der Waals surface area contributed by atoms with Crippen molar-refractivity contribution in [2.24, 2.45) is 13.0 Å². The molecule has 1 saturated carbocycles. The van der Waals surface area contributed by atoms with E-state index in [2.05, 4.69) is 10.1 Å². The molecule has 118 valence electrons. The lowest BCUT2D eigenvalue weighted by atomic mass is 10.5. The molecule has 3 unspecified atom stereocenters. The molecule has 0 amide bonds. The molecule has 0 aromatic carbocycles. The van der Waals surface area contributed by atoms with E-state index in [1.807, 2.05) is 13.8 Å². The summed E-state index contributed by atoms with van der Waals surface area (Å²) in [6.45, 7) is 4.67. The third-order valence-electron chi connectivity index (χ3n) is 3.72. The first-order valence-electron chi connectivity index (χ1n) is 7.03. The van der Waals surface area contributed by atoms with Crippen LogP contribution in [0, 0.1) is 16.0 Å². The van der Waals surface area contributed by atoms with E-state index >= 15 is 0 Å². The van der Waals surface area contributed by atoms with E-state index in [9.17, 15) is 14.7 Å². The molecule has 1 aliphatic rings. The third-order valence-corrected chi connectivity index (χ3v) is 6.49. The molecule has 1 fully saturated rings.